The van der Waals surface area contributed by atoms with Gasteiger partial charge in [-0.25, -0.2) is 9.97 Å². The molecule has 0 bridgehead atoms. The van der Waals surface area contributed by atoms with Crippen LogP contribution in [0.5, 0.6) is 0 Å². The largest absolute Gasteiger partial charge is 0.326 e. The number of pyridine rings is 2. The van der Waals surface area contributed by atoms with E-state index in [0.717, 1.165) is 38.9 Å². The molecule has 4 rings (SSSR count). The van der Waals surface area contributed by atoms with Gasteiger partial charge < -0.3 is 5.73 Å². The van der Waals surface area contributed by atoms with Gasteiger partial charge in [-0.3, -0.25) is 0 Å². The summed E-state index contributed by atoms with van der Waals surface area (Å²) >= 11 is 0. The molecule has 0 atom stereocenters. The molecule has 4 nitrogen and oxygen atoms in total. The predicted molar refractivity (Wildman–Crippen MR) is 103 cm³/mol. The highest BCUT2D eigenvalue weighted by molar-refractivity contribution is 5.93. The first-order chi connectivity index (χ1) is 12.8. The summed E-state index contributed by atoms with van der Waals surface area (Å²) in [5, 5.41) is 10.1. The summed E-state index contributed by atoms with van der Waals surface area (Å²) in [4.78, 5) is 9.03. The number of nitriles is 1. The molecule has 0 aliphatic heterocycles. The lowest BCUT2D eigenvalue weighted by molar-refractivity contribution is 1.07. The van der Waals surface area contributed by atoms with Crippen LogP contribution in [0.2, 0.25) is 0 Å². The molecule has 0 aliphatic rings. The maximum atomic E-state index is 9.39. The Morgan fingerprint density at radius 3 is 2.38 bits per heavy atom. The fourth-order valence-electron chi connectivity index (χ4n) is 3.04. The first-order valence-electron chi connectivity index (χ1n) is 8.35. The van der Waals surface area contributed by atoms with Gasteiger partial charge in [0.05, 0.1) is 11.2 Å². The Morgan fingerprint density at radius 2 is 1.69 bits per heavy atom. The topological polar surface area (TPSA) is 75.6 Å². The van der Waals surface area contributed by atoms with E-state index in [0.29, 0.717) is 12.2 Å². The van der Waals surface area contributed by atoms with Gasteiger partial charge in [-0.15, -0.1) is 0 Å². The lowest BCUT2D eigenvalue weighted by atomic mass is 9.96. The van der Waals surface area contributed by atoms with Crippen molar-refractivity contribution in [3.63, 3.8) is 0 Å². The molecular formula is C22H16N4. The van der Waals surface area contributed by atoms with Crippen LogP contribution in [-0.4, -0.2) is 9.97 Å². The zero-order valence-electron chi connectivity index (χ0n) is 14.1. The second-order valence-electron chi connectivity index (χ2n) is 5.99. The van der Waals surface area contributed by atoms with Crippen LogP contribution >= 0.6 is 0 Å². The van der Waals surface area contributed by atoms with Gasteiger partial charge in [-0.05, 0) is 23.3 Å². The van der Waals surface area contributed by atoms with Gasteiger partial charge >= 0.3 is 0 Å². The maximum Gasteiger partial charge on any atom is 0.149 e. The van der Waals surface area contributed by atoms with Crippen molar-refractivity contribution in [1.82, 2.24) is 9.97 Å². The fraction of sp³-hybridized carbons (Fsp3) is 0.0455. The average molecular weight is 336 g/mol. The summed E-state index contributed by atoms with van der Waals surface area (Å²) in [7, 11) is 0. The third-order valence-electron chi connectivity index (χ3n) is 4.40. The molecule has 0 unspecified atom stereocenters. The van der Waals surface area contributed by atoms with Crippen LogP contribution in [-0.2, 0) is 6.54 Å². The van der Waals surface area contributed by atoms with Crippen LogP contribution in [0.1, 0.15) is 11.3 Å². The van der Waals surface area contributed by atoms with Crippen LogP contribution in [0.3, 0.4) is 0 Å². The minimum Gasteiger partial charge on any atom is -0.326 e. The average Bonchev–Trinajstić information content (AvgIpc) is 2.73. The SMILES string of the molecule is N#Cc1nccc2nc(-c3ccc(CN)cc3)c(-c3ccccc3)cc12. The molecule has 124 valence electrons. The highest BCUT2D eigenvalue weighted by atomic mass is 14.7. The number of benzene rings is 2. The minimum atomic E-state index is 0.386. The van der Waals surface area contributed by atoms with Crippen molar-refractivity contribution in [1.29, 1.82) is 5.26 Å². The smallest absolute Gasteiger partial charge is 0.149 e. The van der Waals surface area contributed by atoms with Gasteiger partial charge in [-0.1, -0.05) is 54.6 Å². The molecule has 0 aliphatic carbocycles. The number of hydrogen-bond donors (Lipinski definition) is 1. The molecule has 0 radical (unpaired) electrons. The number of aromatic nitrogens is 2. The molecule has 2 aromatic heterocycles. The highest BCUT2D eigenvalue weighted by Gasteiger charge is 2.13. The minimum absolute atomic E-state index is 0.386. The molecule has 2 N–H and O–H groups in total. The van der Waals surface area contributed by atoms with Crippen LogP contribution in [0.15, 0.2) is 72.9 Å². The normalized spacial score (nSPS) is 10.6. The summed E-state index contributed by atoms with van der Waals surface area (Å²) in [6, 6.07) is 24.2. The summed E-state index contributed by atoms with van der Waals surface area (Å²) < 4.78 is 0. The molecule has 4 aromatic rings. The number of hydrogen-bond acceptors (Lipinski definition) is 4. The van der Waals surface area contributed by atoms with Crippen molar-refractivity contribution < 1.29 is 0 Å². The fourth-order valence-corrected chi connectivity index (χ4v) is 3.04. The first-order valence-corrected chi connectivity index (χ1v) is 8.35. The molecule has 26 heavy (non-hydrogen) atoms. The van der Waals surface area contributed by atoms with E-state index >= 15 is 0 Å². The Balaban J connectivity index is 2.02. The molecule has 0 fully saturated rings. The Hall–Kier alpha value is -3.55. The zero-order chi connectivity index (χ0) is 17.9. The van der Waals surface area contributed by atoms with E-state index in [1.807, 2.05) is 66.7 Å². The Labute approximate surface area is 151 Å². The Morgan fingerprint density at radius 1 is 0.923 bits per heavy atom. The molecule has 4 heteroatoms. The van der Waals surface area contributed by atoms with Gasteiger partial charge in [0.25, 0.3) is 0 Å². The van der Waals surface area contributed by atoms with E-state index in [1.54, 1.807) is 6.20 Å². The number of rotatable bonds is 3. The Kier molecular flexibility index (Phi) is 4.14. The first kappa shape index (κ1) is 15.9. The second kappa shape index (κ2) is 6.75. The molecule has 2 heterocycles. The zero-order valence-corrected chi connectivity index (χ0v) is 14.1. The van der Waals surface area contributed by atoms with Crippen molar-refractivity contribution in [2.75, 3.05) is 0 Å². The van der Waals surface area contributed by atoms with Gasteiger partial charge in [0, 0.05) is 29.3 Å². The molecular weight excluding hydrogens is 320 g/mol. The highest BCUT2D eigenvalue weighted by Crippen LogP contribution is 2.34. The predicted octanol–water partition coefficient (Wildman–Crippen LogP) is 4.29. The van der Waals surface area contributed by atoms with Gasteiger partial charge in [0.15, 0.2) is 0 Å². The van der Waals surface area contributed by atoms with Gasteiger partial charge in [0.1, 0.15) is 11.8 Å². The lowest BCUT2D eigenvalue weighted by Gasteiger charge is -2.12. The summed E-state index contributed by atoms with van der Waals surface area (Å²) in [5.41, 5.74) is 11.8. The molecule has 2 aromatic carbocycles. The van der Waals surface area contributed by atoms with Crippen molar-refractivity contribution >= 4 is 10.9 Å². The molecule has 0 spiro atoms. The van der Waals surface area contributed by atoms with Gasteiger partial charge in [0.2, 0.25) is 0 Å². The van der Waals surface area contributed by atoms with Crippen molar-refractivity contribution in [2.45, 2.75) is 6.54 Å². The van der Waals surface area contributed by atoms with E-state index in [-0.39, 0.29) is 0 Å². The van der Waals surface area contributed by atoms with Crippen LogP contribution < -0.4 is 5.73 Å². The van der Waals surface area contributed by atoms with Gasteiger partial charge in [-0.2, -0.15) is 5.26 Å². The molecule has 0 saturated heterocycles. The summed E-state index contributed by atoms with van der Waals surface area (Å²) in [6.45, 7) is 0.508. The maximum absolute atomic E-state index is 9.39. The quantitative estimate of drug-likeness (QED) is 0.605. The van der Waals surface area contributed by atoms with Crippen molar-refractivity contribution in [2.24, 2.45) is 5.73 Å². The third-order valence-corrected chi connectivity index (χ3v) is 4.40. The van der Waals surface area contributed by atoms with Crippen LogP contribution in [0, 0.1) is 11.3 Å². The van der Waals surface area contributed by atoms with Crippen LogP contribution in [0.4, 0.5) is 0 Å². The van der Waals surface area contributed by atoms with E-state index in [1.165, 1.54) is 0 Å². The monoisotopic (exact) mass is 336 g/mol. The number of nitrogens with zero attached hydrogens (tertiary/aromatic N) is 3. The summed E-state index contributed by atoms with van der Waals surface area (Å²) in [6.07, 6.45) is 1.62. The van der Waals surface area contributed by atoms with E-state index in [2.05, 4.69) is 11.1 Å². The number of nitrogens with two attached hydrogens (primary N) is 1. The third kappa shape index (κ3) is 2.81. The Bertz CT molecular complexity index is 1110. The van der Waals surface area contributed by atoms with E-state index in [4.69, 9.17) is 10.7 Å². The van der Waals surface area contributed by atoms with E-state index < -0.39 is 0 Å². The number of fused-ring (bicyclic) bond motifs is 1. The van der Waals surface area contributed by atoms with Crippen molar-refractivity contribution in [3.8, 4) is 28.5 Å². The standard InChI is InChI=1S/C22H16N4/c23-13-15-6-8-17(9-7-15)22-18(16-4-2-1-3-5-16)12-19-20(26-22)10-11-25-21(19)14-24/h1-12H,13,23H2. The van der Waals surface area contributed by atoms with Crippen molar-refractivity contribution in [3.05, 3.63) is 84.2 Å². The van der Waals surface area contributed by atoms with E-state index in [9.17, 15) is 5.26 Å². The molecule has 0 amide bonds. The summed E-state index contributed by atoms with van der Waals surface area (Å²) in [5.74, 6) is 0. The second-order valence-corrected chi connectivity index (χ2v) is 5.99. The van der Waals surface area contributed by atoms with Crippen LogP contribution in [0.25, 0.3) is 33.3 Å². The lowest BCUT2D eigenvalue weighted by Crippen LogP contribution is -1.97. The molecule has 0 saturated carbocycles.